The third kappa shape index (κ3) is 3.49. The smallest absolute Gasteiger partial charge is 0.305 e. The summed E-state index contributed by atoms with van der Waals surface area (Å²) in [4.78, 5) is 10.7. The van der Waals surface area contributed by atoms with E-state index in [1.165, 1.54) is 0 Å². The Morgan fingerprint density at radius 3 is 2.20 bits per heavy atom. The molecule has 0 aromatic heterocycles. The number of carbonyl (C=O) groups is 1. The monoisotopic (exact) mass is 144 g/mol. The van der Waals surface area contributed by atoms with E-state index < -0.39 is 0 Å². The van der Waals surface area contributed by atoms with Gasteiger partial charge in [-0.3, -0.25) is 4.79 Å². The van der Waals surface area contributed by atoms with Crippen molar-refractivity contribution in [2.45, 2.75) is 40.2 Å². The van der Waals surface area contributed by atoms with Crippen LogP contribution in [0.4, 0.5) is 0 Å². The maximum Gasteiger partial charge on any atom is 0.305 e. The SMILES string of the molecule is CCC(=O)OC(C)C(C)C. The first kappa shape index (κ1) is 9.47. The standard InChI is InChI=1S/C8H16O2/c1-5-8(9)10-7(4)6(2)3/h6-7H,5H2,1-4H3. The Balaban J connectivity index is 3.57. The Hall–Kier alpha value is -0.530. The molecule has 0 radical (unpaired) electrons. The lowest BCUT2D eigenvalue weighted by molar-refractivity contribution is -0.149. The van der Waals surface area contributed by atoms with Gasteiger partial charge in [-0.25, -0.2) is 0 Å². The van der Waals surface area contributed by atoms with E-state index in [-0.39, 0.29) is 12.1 Å². The third-order valence-corrected chi connectivity index (χ3v) is 1.54. The summed E-state index contributed by atoms with van der Waals surface area (Å²) < 4.78 is 5.02. The molecule has 1 atom stereocenters. The van der Waals surface area contributed by atoms with Crippen molar-refractivity contribution < 1.29 is 9.53 Å². The second-order valence-corrected chi connectivity index (χ2v) is 2.79. The Morgan fingerprint density at radius 1 is 1.40 bits per heavy atom. The van der Waals surface area contributed by atoms with Crippen molar-refractivity contribution in [3.05, 3.63) is 0 Å². The Morgan fingerprint density at radius 2 is 1.90 bits per heavy atom. The van der Waals surface area contributed by atoms with E-state index in [0.29, 0.717) is 12.3 Å². The van der Waals surface area contributed by atoms with Gasteiger partial charge in [0.25, 0.3) is 0 Å². The van der Waals surface area contributed by atoms with Gasteiger partial charge in [0.1, 0.15) is 6.10 Å². The molecule has 0 heterocycles. The lowest BCUT2D eigenvalue weighted by atomic mass is 10.1. The molecule has 0 amide bonds. The van der Waals surface area contributed by atoms with Crippen LogP contribution in [-0.4, -0.2) is 12.1 Å². The first-order valence-electron chi connectivity index (χ1n) is 3.77. The Bertz CT molecular complexity index is 108. The molecule has 60 valence electrons. The molecule has 0 saturated heterocycles. The van der Waals surface area contributed by atoms with Crippen LogP contribution in [0, 0.1) is 5.92 Å². The number of hydrogen-bond donors (Lipinski definition) is 0. The number of carbonyl (C=O) groups excluding carboxylic acids is 1. The average Bonchev–Trinajstić information content (AvgIpc) is 1.87. The van der Waals surface area contributed by atoms with E-state index in [9.17, 15) is 4.79 Å². The first-order chi connectivity index (χ1) is 4.57. The van der Waals surface area contributed by atoms with Crippen molar-refractivity contribution in [3.63, 3.8) is 0 Å². The van der Waals surface area contributed by atoms with Crippen LogP contribution in [0.5, 0.6) is 0 Å². The zero-order valence-corrected chi connectivity index (χ0v) is 7.18. The van der Waals surface area contributed by atoms with E-state index in [2.05, 4.69) is 0 Å². The lowest BCUT2D eigenvalue weighted by Gasteiger charge is -2.15. The summed E-state index contributed by atoms with van der Waals surface area (Å²) in [5, 5.41) is 0. The van der Waals surface area contributed by atoms with E-state index in [1.54, 1.807) is 6.92 Å². The van der Waals surface area contributed by atoms with Crippen molar-refractivity contribution in [2.24, 2.45) is 5.92 Å². The van der Waals surface area contributed by atoms with Gasteiger partial charge >= 0.3 is 5.97 Å². The molecule has 0 N–H and O–H groups in total. The fourth-order valence-electron chi connectivity index (χ4n) is 0.427. The van der Waals surface area contributed by atoms with Crippen LogP contribution in [0.2, 0.25) is 0 Å². The average molecular weight is 144 g/mol. The number of ether oxygens (including phenoxy) is 1. The highest BCUT2D eigenvalue weighted by Gasteiger charge is 2.10. The molecule has 0 bridgehead atoms. The number of hydrogen-bond acceptors (Lipinski definition) is 2. The maximum atomic E-state index is 10.7. The van der Waals surface area contributed by atoms with Gasteiger partial charge in [0.15, 0.2) is 0 Å². The van der Waals surface area contributed by atoms with Crippen molar-refractivity contribution in [3.8, 4) is 0 Å². The summed E-state index contributed by atoms with van der Waals surface area (Å²) in [6.45, 7) is 7.79. The van der Waals surface area contributed by atoms with E-state index in [1.807, 2.05) is 20.8 Å². The van der Waals surface area contributed by atoms with E-state index >= 15 is 0 Å². The zero-order valence-electron chi connectivity index (χ0n) is 7.18. The molecular weight excluding hydrogens is 128 g/mol. The van der Waals surface area contributed by atoms with Crippen molar-refractivity contribution >= 4 is 5.97 Å². The van der Waals surface area contributed by atoms with Gasteiger partial charge in [-0.2, -0.15) is 0 Å². The summed E-state index contributed by atoms with van der Waals surface area (Å²) in [5.41, 5.74) is 0. The molecule has 0 aliphatic rings. The van der Waals surface area contributed by atoms with Gasteiger partial charge in [-0.1, -0.05) is 20.8 Å². The van der Waals surface area contributed by atoms with Crippen LogP contribution in [-0.2, 0) is 9.53 Å². The minimum absolute atomic E-state index is 0.0486. The van der Waals surface area contributed by atoms with Gasteiger partial charge in [0.2, 0.25) is 0 Å². The molecular formula is C8H16O2. The Labute approximate surface area is 62.6 Å². The van der Waals surface area contributed by atoms with Crippen LogP contribution in [0.15, 0.2) is 0 Å². The predicted molar refractivity (Wildman–Crippen MR) is 40.7 cm³/mol. The van der Waals surface area contributed by atoms with E-state index in [0.717, 1.165) is 0 Å². The summed E-state index contributed by atoms with van der Waals surface area (Å²) in [6, 6.07) is 0. The van der Waals surface area contributed by atoms with Crippen molar-refractivity contribution in [1.82, 2.24) is 0 Å². The van der Waals surface area contributed by atoms with Gasteiger partial charge in [0.05, 0.1) is 0 Å². The van der Waals surface area contributed by atoms with Crippen LogP contribution in [0.3, 0.4) is 0 Å². The molecule has 2 nitrogen and oxygen atoms in total. The molecule has 0 spiro atoms. The van der Waals surface area contributed by atoms with Crippen molar-refractivity contribution in [2.75, 3.05) is 0 Å². The lowest BCUT2D eigenvalue weighted by Crippen LogP contribution is -2.19. The minimum atomic E-state index is -0.110. The minimum Gasteiger partial charge on any atom is -0.462 e. The molecule has 0 aliphatic carbocycles. The summed E-state index contributed by atoms with van der Waals surface area (Å²) >= 11 is 0. The molecule has 1 unspecified atom stereocenters. The molecule has 10 heavy (non-hydrogen) atoms. The topological polar surface area (TPSA) is 26.3 Å². The van der Waals surface area contributed by atoms with Crippen LogP contribution >= 0.6 is 0 Å². The van der Waals surface area contributed by atoms with Crippen LogP contribution < -0.4 is 0 Å². The second-order valence-electron chi connectivity index (χ2n) is 2.79. The van der Waals surface area contributed by atoms with Crippen LogP contribution in [0.1, 0.15) is 34.1 Å². The second kappa shape index (κ2) is 4.31. The molecule has 2 heteroatoms. The highest BCUT2D eigenvalue weighted by Crippen LogP contribution is 2.05. The Kier molecular flexibility index (Phi) is 4.08. The van der Waals surface area contributed by atoms with Gasteiger partial charge in [0, 0.05) is 6.42 Å². The molecule has 0 saturated carbocycles. The maximum absolute atomic E-state index is 10.7. The van der Waals surface area contributed by atoms with E-state index in [4.69, 9.17) is 4.74 Å². The fourth-order valence-corrected chi connectivity index (χ4v) is 0.427. The molecule has 0 fully saturated rings. The van der Waals surface area contributed by atoms with Crippen LogP contribution in [0.25, 0.3) is 0 Å². The summed E-state index contributed by atoms with van der Waals surface area (Å²) in [6.07, 6.45) is 0.518. The molecule has 0 aromatic carbocycles. The van der Waals surface area contributed by atoms with Gasteiger partial charge < -0.3 is 4.74 Å². The predicted octanol–water partition coefficient (Wildman–Crippen LogP) is 1.98. The molecule has 0 aromatic rings. The number of esters is 1. The van der Waals surface area contributed by atoms with Crippen molar-refractivity contribution in [1.29, 1.82) is 0 Å². The quantitative estimate of drug-likeness (QED) is 0.566. The third-order valence-electron chi connectivity index (χ3n) is 1.54. The molecule has 0 aliphatic heterocycles. The molecule has 0 rings (SSSR count). The summed E-state index contributed by atoms with van der Waals surface area (Å²) in [7, 11) is 0. The normalized spacial score (nSPS) is 13.3. The highest BCUT2D eigenvalue weighted by atomic mass is 16.5. The first-order valence-corrected chi connectivity index (χ1v) is 3.77. The zero-order chi connectivity index (χ0) is 8.15. The van der Waals surface area contributed by atoms with Gasteiger partial charge in [-0.15, -0.1) is 0 Å². The van der Waals surface area contributed by atoms with Gasteiger partial charge in [-0.05, 0) is 12.8 Å². The number of rotatable bonds is 3. The fraction of sp³-hybridized carbons (Fsp3) is 0.875. The largest absolute Gasteiger partial charge is 0.462 e. The highest BCUT2D eigenvalue weighted by molar-refractivity contribution is 5.69. The summed E-state index contributed by atoms with van der Waals surface area (Å²) in [5.74, 6) is 0.302.